The number of hydrogen-bond donors (Lipinski definition) is 0. The zero-order valence-electron chi connectivity index (χ0n) is 15.2. The van der Waals surface area contributed by atoms with Crippen LogP contribution in [0.1, 0.15) is 18.1 Å². The van der Waals surface area contributed by atoms with Gasteiger partial charge < -0.3 is 9.47 Å². The van der Waals surface area contributed by atoms with Crippen LogP contribution in [0.5, 0.6) is 5.75 Å². The third-order valence-corrected chi connectivity index (χ3v) is 5.15. The first-order valence-corrected chi connectivity index (χ1v) is 9.00. The average molecular weight is 356 g/mol. The lowest BCUT2D eigenvalue weighted by molar-refractivity contribution is 0.119. The van der Waals surface area contributed by atoms with Crippen LogP contribution >= 0.6 is 0 Å². The van der Waals surface area contributed by atoms with Gasteiger partial charge in [0, 0.05) is 43.5 Å². The molecule has 138 valence electrons. The van der Waals surface area contributed by atoms with Crippen molar-refractivity contribution in [2.75, 3.05) is 20.2 Å². The van der Waals surface area contributed by atoms with E-state index in [1.165, 1.54) is 5.56 Å². The Bertz CT molecular complexity index is 791. The summed E-state index contributed by atoms with van der Waals surface area (Å²) in [5.41, 5.74) is 2.18. The normalized spacial score (nSPS) is 22.5. The number of methoxy groups -OCH3 is 1. The van der Waals surface area contributed by atoms with Gasteiger partial charge in [-0.25, -0.2) is 4.79 Å². The molecule has 7 heteroatoms. The summed E-state index contributed by atoms with van der Waals surface area (Å²) in [6, 6.07) is 7.88. The van der Waals surface area contributed by atoms with Gasteiger partial charge in [-0.1, -0.05) is 18.2 Å². The van der Waals surface area contributed by atoms with Gasteiger partial charge in [-0.2, -0.15) is 5.10 Å². The molecule has 1 aromatic carbocycles. The largest absolute Gasteiger partial charge is 0.496 e. The van der Waals surface area contributed by atoms with E-state index in [2.05, 4.69) is 23.1 Å². The predicted molar refractivity (Wildman–Crippen MR) is 95.8 cm³/mol. The van der Waals surface area contributed by atoms with Crippen molar-refractivity contribution in [1.29, 1.82) is 0 Å². The van der Waals surface area contributed by atoms with Crippen LogP contribution in [-0.4, -0.2) is 58.0 Å². The second-order valence-corrected chi connectivity index (χ2v) is 6.83. The van der Waals surface area contributed by atoms with Crippen LogP contribution in [0.3, 0.4) is 0 Å². The van der Waals surface area contributed by atoms with E-state index in [9.17, 15) is 4.79 Å². The number of para-hydroxylation sites is 1. The van der Waals surface area contributed by atoms with Crippen molar-refractivity contribution < 1.29 is 14.3 Å². The zero-order valence-corrected chi connectivity index (χ0v) is 15.2. The Balaban J connectivity index is 1.44. The molecule has 2 fully saturated rings. The van der Waals surface area contributed by atoms with Crippen LogP contribution in [0, 0.1) is 0 Å². The lowest BCUT2D eigenvalue weighted by Crippen LogP contribution is -2.37. The number of carbonyl (C=O) groups excluding carboxylic acids is 1. The van der Waals surface area contributed by atoms with Crippen molar-refractivity contribution in [3.05, 3.63) is 47.8 Å². The molecular formula is C19H24N4O3. The molecule has 26 heavy (non-hydrogen) atoms. The minimum absolute atomic E-state index is 0.0709. The molecule has 1 amide bonds. The highest BCUT2D eigenvalue weighted by atomic mass is 16.6. The van der Waals surface area contributed by atoms with Gasteiger partial charge in [0.05, 0.1) is 25.9 Å². The molecule has 2 aliphatic rings. The van der Waals surface area contributed by atoms with Crippen molar-refractivity contribution in [2.45, 2.75) is 38.7 Å². The molecule has 0 bridgehead atoms. The van der Waals surface area contributed by atoms with Gasteiger partial charge in [-0.05, 0) is 13.0 Å². The summed E-state index contributed by atoms with van der Waals surface area (Å²) in [4.78, 5) is 16.5. The number of aromatic nitrogens is 2. The van der Waals surface area contributed by atoms with Crippen LogP contribution in [0.4, 0.5) is 4.79 Å². The first kappa shape index (κ1) is 16.9. The Kier molecular flexibility index (Phi) is 4.55. The molecule has 0 saturated carbocycles. The molecule has 4 rings (SSSR count). The minimum atomic E-state index is -0.232. The number of amides is 1. The summed E-state index contributed by atoms with van der Waals surface area (Å²) in [5.74, 6) is 0.797. The van der Waals surface area contributed by atoms with Crippen LogP contribution in [0.25, 0.3) is 0 Å². The van der Waals surface area contributed by atoms with E-state index < -0.39 is 0 Å². The summed E-state index contributed by atoms with van der Waals surface area (Å²) >= 11 is 0. The Morgan fingerprint density at radius 2 is 2.12 bits per heavy atom. The number of ether oxygens (including phenoxy) is 2. The summed E-state index contributed by atoms with van der Waals surface area (Å²) in [7, 11) is 1.65. The highest BCUT2D eigenvalue weighted by Crippen LogP contribution is 2.31. The molecule has 0 radical (unpaired) electrons. The number of carbonyl (C=O) groups is 1. The number of benzene rings is 1. The fraction of sp³-hybridized carbons (Fsp3) is 0.474. The quantitative estimate of drug-likeness (QED) is 0.793. The Labute approximate surface area is 153 Å². The Morgan fingerprint density at radius 1 is 1.27 bits per heavy atom. The van der Waals surface area contributed by atoms with E-state index in [1.807, 2.05) is 40.0 Å². The fourth-order valence-electron chi connectivity index (χ4n) is 3.83. The molecule has 7 nitrogen and oxygen atoms in total. The summed E-state index contributed by atoms with van der Waals surface area (Å²) in [5, 5.41) is 4.33. The lowest BCUT2D eigenvalue weighted by Gasteiger charge is -2.23. The van der Waals surface area contributed by atoms with Gasteiger partial charge >= 0.3 is 6.09 Å². The predicted octanol–water partition coefficient (Wildman–Crippen LogP) is 2.12. The SMILES string of the molecule is CCn1cc(CN2C[C@H]3OC(=O)N(Cc4ccccc4OC)[C@H]3C2)cn1. The molecule has 0 unspecified atom stereocenters. The minimum Gasteiger partial charge on any atom is -0.496 e. The maximum absolute atomic E-state index is 12.3. The van der Waals surface area contributed by atoms with Gasteiger partial charge in [0.25, 0.3) is 0 Å². The van der Waals surface area contributed by atoms with E-state index in [4.69, 9.17) is 9.47 Å². The maximum Gasteiger partial charge on any atom is 0.410 e. The van der Waals surface area contributed by atoms with Crippen molar-refractivity contribution in [1.82, 2.24) is 19.6 Å². The summed E-state index contributed by atoms with van der Waals surface area (Å²) < 4.78 is 13.0. The van der Waals surface area contributed by atoms with E-state index in [-0.39, 0.29) is 18.2 Å². The highest BCUT2D eigenvalue weighted by molar-refractivity contribution is 5.71. The molecule has 2 atom stereocenters. The summed E-state index contributed by atoms with van der Waals surface area (Å²) in [6.45, 7) is 5.85. The molecule has 2 aromatic rings. The third kappa shape index (κ3) is 3.14. The number of fused-ring (bicyclic) bond motifs is 1. The number of rotatable bonds is 6. The first-order valence-electron chi connectivity index (χ1n) is 9.00. The van der Waals surface area contributed by atoms with Crippen molar-refractivity contribution in [3.8, 4) is 5.75 Å². The molecule has 3 heterocycles. The molecule has 0 spiro atoms. The molecule has 2 saturated heterocycles. The first-order chi connectivity index (χ1) is 12.7. The smallest absolute Gasteiger partial charge is 0.410 e. The standard InChI is InChI=1S/C19H24N4O3/c1-3-22-10-14(8-20-22)9-21-12-16-18(13-21)26-19(24)23(16)11-15-6-4-5-7-17(15)25-2/h4-8,10,16,18H,3,9,11-13H2,1-2H3/t16-,18+/m0/s1. The number of hydrogen-bond acceptors (Lipinski definition) is 5. The van der Waals surface area contributed by atoms with E-state index in [0.29, 0.717) is 6.54 Å². The van der Waals surface area contributed by atoms with Gasteiger partial charge in [0.1, 0.15) is 11.9 Å². The van der Waals surface area contributed by atoms with Crippen molar-refractivity contribution in [3.63, 3.8) is 0 Å². The van der Waals surface area contributed by atoms with Crippen LogP contribution < -0.4 is 4.74 Å². The van der Waals surface area contributed by atoms with E-state index >= 15 is 0 Å². The zero-order chi connectivity index (χ0) is 18.1. The van der Waals surface area contributed by atoms with Crippen molar-refractivity contribution in [2.24, 2.45) is 0 Å². The average Bonchev–Trinajstić information content (AvgIpc) is 3.33. The monoisotopic (exact) mass is 356 g/mol. The van der Waals surface area contributed by atoms with Crippen LogP contribution in [0.2, 0.25) is 0 Å². The van der Waals surface area contributed by atoms with E-state index in [0.717, 1.165) is 37.5 Å². The Morgan fingerprint density at radius 3 is 2.88 bits per heavy atom. The second-order valence-electron chi connectivity index (χ2n) is 6.83. The molecule has 1 aromatic heterocycles. The third-order valence-electron chi connectivity index (χ3n) is 5.15. The number of aryl methyl sites for hydroxylation is 1. The molecule has 0 aliphatic carbocycles. The summed E-state index contributed by atoms with van der Waals surface area (Å²) in [6.07, 6.45) is 3.69. The highest BCUT2D eigenvalue weighted by Gasteiger charge is 2.47. The van der Waals surface area contributed by atoms with Crippen LogP contribution in [-0.2, 0) is 24.4 Å². The van der Waals surface area contributed by atoms with Crippen LogP contribution in [0.15, 0.2) is 36.7 Å². The number of nitrogens with zero attached hydrogens (tertiary/aromatic N) is 4. The van der Waals surface area contributed by atoms with Gasteiger partial charge in [0.15, 0.2) is 0 Å². The van der Waals surface area contributed by atoms with Crippen molar-refractivity contribution >= 4 is 6.09 Å². The van der Waals surface area contributed by atoms with Gasteiger partial charge in [-0.15, -0.1) is 0 Å². The number of likely N-dealkylation sites (tertiary alicyclic amines) is 1. The second kappa shape index (κ2) is 6.99. The van der Waals surface area contributed by atoms with Gasteiger partial charge in [0.2, 0.25) is 0 Å². The molecule has 0 N–H and O–H groups in total. The van der Waals surface area contributed by atoms with Gasteiger partial charge in [-0.3, -0.25) is 14.5 Å². The maximum atomic E-state index is 12.3. The molecule has 2 aliphatic heterocycles. The van der Waals surface area contributed by atoms with E-state index in [1.54, 1.807) is 7.11 Å². The molecular weight excluding hydrogens is 332 g/mol. The fourth-order valence-corrected chi connectivity index (χ4v) is 3.83. The Hall–Kier alpha value is -2.54. The lowest BCUT2D eigenvalue weighted by atomic mass is 10.1. The topological polar surface area (TPSA) is 59.8 Å².